The SMILES string of the molecule is O=C(O)c1cn(Cc2cccnn2)c(=O)[nH]c1=O. The number of nitrogens with zero attached hydrogens (tertiary/aromatic N) is 3. The predicted molar refractivity (Wildman–Crippen MR) is 59.4 cm³/mol. The monoisotopic (exact) mass is 248 g/mol. The second kappa shape index (κ2) is 4.62. The zero-order valence-electron chi connectivity index (χ0n) is 9.03. The van der Waals surface area contributed by atoms with E-state index in [1.807, 2.05) is 4.98 Å². The molecule has 18 heavy (non-hydrogen) atoms. The molecule has 0 aromatic carbocycles. The number of nitrogens with one attached hydrogen (secondary N) is 1. The summed E-state index contributed by atoms with van der Waals surface area (Å²) in [5.41, 5.74) is -1.65. The van der Waals surface area contributed by atoms with Crippen LogP contribution >= 0.6 is 0 Å². The lowest BCUT2D eigenvalue weighted by Gasteiger charge is -2.04. The van der Waals surface area contributed by atoms with E-state index >= 15 is 0 Å². The molecule has 0 saturated carbocycles. The lowest BCUT2D eigenvalue weighted by atomic mass is 10.3. The van der Waals surface area contributed by atoms with E-state index in [2.05, 4.69) is 10.2 Å². The maximum Gasteiger partial charge on any atom is 0.342 e. The van der Waals surface area contributed by atoms with Crippen molar-refractivity contribution in [2.75, 3.05) is 0 Å². The van der Waals surface area contributed by atoms with E-state index in [4.69, 9.17) is 5.11 Å². The first-order valence-electron chi connectivity index (χ1n) is 4.91. The Bertz CT molecular complexity index is 689. The van der Waals surface area contributed by atoms with Gasteiger partial charge in [-0.25, -0.2) is 9.59 Å². The van der Waals surface area contributed by atoms with Crippen molar-refractivity contribution in [1.29, 1.82) is 0 Å². The Hall–Kier alpha value is -2.77. The number of aromatic nitrogens is 4. The molecule has 0 bridgehead atoms. The standard InChI is InChI=1S/C10H8N4O4/c15-8-7(9(16)17)5-14(10(18)12-8)4-6-2-1-3-11-13-6/h1-3,5H,4H2,(H,16,17)(H,12,15,18). The highest BCUT2D eigenvalue weighted by atomic mass is 16.4. The van der Waals surface area contributed by atoms with Crippen molar-refractivity contribution < 1.29 is 9.90 Å². The Kier molecular flexibility index (Phi) is 3.00. The first-order valence-corrected chi connectivity index (χ1v) is 4.91. The molecule has 0 aliphatic heterocycles. The molecular weight excluding hydrogens is 240 g/mol. The molecule has 0 spiro atoms. The van der Waals surface area contributed by atoms with Crippen LogP contribution in [0, 0.1) is 0 Å². The van der Waals surface area contributed by atoms with Crippen molar-refractivity contribution >= 4 is 5.97 Å². The highest BCUT2D eigenvalue weighted by Gasteiger charge is 2.11. The summed E-state index contributed by atoms with van der Waals surface area (Å²) in [6.45, 7) is 0.0315. The van der Waals surface area contributed by atoms with Crippen molar-refractivity contribution in [2.24, 2.45) is 0 Å². The summed E-state index contributed by atoms with van der Waals surface area (Å²) in [4.78, 5) is 35.4. The number of rotatable bonds is 3. The van der Waals surface area contributed by atoms with Crippen molar-refractivity contribution in [3.05, 3.63) is 56.6 Å². The van der Waals surface area contributed by atoms with E-state index in [0.717, 1.165) is 10.8 Å². The molecule has 92 valence electrons. The second-order valence-corrected chi connectivity index (χ2v) is 3.45. The van der Waals surface area contributed by atoms with Gasteiger partial charge in [0.25, 0.3) is 5.56 Å². The first kappa shape index (κ1) is 11.7. The van der Waals surface area contributed by atoms with Crippen LogP contribution in [0.1, 0.15) is 16.1 Å². The second-order valence-electron chi connectivity index (χ2n) is 3.45. The number of hydrogen-bond acceptors (Lipinski definition) is 5. The molecule has 8 nitrogen and oxygen atoms in total. The third kappa shape index (κ3) is 2.32. The fourth-order valence-corrected chi connectivity index (χ4v) is 1.37. The van der Waals surface area contributed by atoms with Gasteiger partial charge in [-0.2, -0.15) is 10.2 Å². The molecule has 2 N–H and O–H groups in total. The molecule has 0 radical (unpaired) electrons. The van der Waals surface area contributed by atoms with E-state index in [9.17, 15) is 14.4 Å². The maximum atomic E-state index is 11.5. The minimum atomic E-state index is -1.40. The summed E-state index contributed by atoms with van der Waals surface area (Å²) in [5.74, 6) is -1.40. The van der Waals surface area contributed by atoms with Crippen LogP contribution in [-0.4, -0.2) is 30.8 Å². The average molecular weight is 248 g/mol. The number of carbonyl (C=O) groups is 1. The molecular formula is C10H8N4O4. The Morgan fingerprint density at radius 3 is 2.83 bits per heavy atom. The molecule has 2 aromatic heterocycles. The van der Waals surface area contributed by atoms with Crippen LogP contribution < -0.4 is 11.2 Å². The van der Waals surface area contributed by atoms with E-state index in [1.165, 1.54) is 6.20 Å². The van der Waals surface area contributed by atoms with Gasteiger partial charge in [0.2, 0.25) is 0 Å². The summed E-state index contributed by atoms with van der Waals surface area (Å²) in [5, 5.41) is 16.2. The average Bonchev–Trinajstić information content (AvgIpc) is 2.33. The van der Waals surface area contributed by atoms with Crippen LogP contribution in [0.5, 0.6) is 0 Å². The van der Waals surface area contributed by atoms with E-state index in [1.54, 1.807) is 12.1 Å². The quantitative estimate of drug-likeness (QED) is 0.724. The fraction of sp³-hybridized carbons (Fsp3) is 0.100. The van der Waals surface area contributed by atoms with Gasteiger partial charge in [-0.3, -0.25) is 14.3 Å². The Labute approximate surface area is 99.6 Å². The molecule has 2 heterocycles. The lowest BCUT2D eigenvalue weighted by molar-refractivity contribution is 0.0693. The van der Waals surface area contributed by atoms with Gasteiger partial charge in [0.15, 0.2) is 0 Å². The largest absolute Gasteiger partial charge is 0.477 e. The molecule has 0 aliphatic rings. The van der Waals surface area contributed by atoms with Crippen LogP contribution in [0.15, 0.2) is 34.1 Å². The Morgan fingerprint density at radius 2 is 2.22 bits per heavy atom. The molecule has 0 atom stereocenters. The highest BCUT2D eigenvalue weighted by molar-refractivity contribution is 5.86. The normalized spacial score (nSPS) is 10.2. The summed E-state index contributed by atoms with van der Waals surface area (Å²) in [7, 11) is 0. The topological polar surface area (TPSA) is 118 Å². The fourth-order valence-electron chi connectivity index (χ4n) is 1.37. The van der Waals surface area contributed by atoms with E-state index < -0.39 is 22.8 Å². The molecule has 0 saturated heterocycles. The minimum absolute atomic E-state index is 0.0315. The molecule has 0 aliphatic carbocycles. The number of aromatic amines is 1. The molecule has 2 aromatic rings. The van der Waals surface area contributed by atoms with Gasteiger partial charge in [-0.1, -0.05) is 0 Å². The summed E-state index contributed by atoms with van der Waals surface area (Å²) in [6.07, 6.45) is 2.46. The number of carboxylic acid groups (broad SMARTS) is 1. The third-order valence-electron chi connectivity index (χ3n) is 2.20. The van der Waals surface area contributed by atoms with Gasteiger partial charge in [0, 0.05) is 12.4 Å². The highest BCUT2D eigenvalue weighted by Crippen LogP contribution is 1.95. The van der Waals surface area contributed by atoms with Gasteiger partial charge in [-0.15, -0.1) is 0 Å². The molecule has 2 rings (SSSR count). The maximum absolute atomic E-state index is 11.5. The summed E-state index contributed by atoms with van der Waals surface area (Å²) in [6, 6.07) is 3.27. The third-order valence-corrected chi connectivity index (χ3v) is 2.20. The number of H-pyrrole nitrogens is 1. The summed E-state index contributed by atoms with van der Waals surface area (Å²) >= 11 is 0. The smallest absolute Gasteiger partial charge is 0.342 e. The van der Waals surface area contributed by atoms with Crippen LogP contribution in [0.25, 0.3) is 0 Å². The number of aromatic carboxylic acids is 1. The molecule has 8 heteroatoms. The van der Waals surface area contributed by atoms with Crippen molar-refractivity contribution in [1.82, 2.24) is 19.7 Å². The van der Waals surface area contributed by atoms with Crippen molar-refractivity contribution in [2.45, 2.75) is 6.54 Å². The van der Waals surface area contributed by atoms with Crippen LogP contribution in [0.2, 0.25) is 0 Å². The molecule has 0 unspecified atom stereocenters. The van der Waals surface area contributed by atoms with Crippen LogP contribution in [-0.2, 0) is 6.54 Å². The van der Waals surface area contributed by atoms with Gasteiger partial charge in [-0.05, 0) is 12.1 Å². The molecule has 0 fully saturated rings. The van der Waals surface area contributed by atoms with Gasteiger partial charge in [0.1, 0.15) is 5.56 Å². The lowest BCUT2D eigenvalue weighted by Crippen LogP contribution is -2.33. The Balaban J connectivity index is 2.46. The van der Waals surface area contributed by atoms with Gasteiger partial charge >= 0.3 is 11.7 Å². The van der Waals surface area contributed by atoms with E-state index in [-0.39, 0.29) is 6.54 Å². The molecule has 0 amide bonds. The number of carboxylic acids is 1. The van der Waals surface area contributed by atoms with E-state index in [0.29, 0.717) is 5.69 Å². The minimum Gasteiger partial charge on any atom is -0.477 e. The van der Waals surface area contributed by atoms with Crippen LogP contribution in [0.3, 0.4) is 0 Å². The van der Waals surface area contributed by atoms with Crippen LogP contribution in [0.4, 0.5) is 0 Å². The van der Waals surface area contributed by atoms with Gasteiger partial charge in [0.05, 0.1) is 12.2 Å². The van der Waals surface area contributed by atoms with Crippen molar-refractivity contribution in [3.63, 3.8) is 0 Å². The zero-order valence-corrected chi connectivity index (χ0v) is 9.03. The van der Waals surface area contributed by atoms with Gasteiger partial charge < -0.3 is 5.11 Å². The first-order chi connectivity index (χ1) is 8.58. The number of hydrogen-bond donors (Lipinski definition) is 2. The Morgan fingerprint density at radius 1 is 1.44 bits per heavy atom. The predicted octanol–water partition coefficient (Wildman–Crippen LogP) is -0.927. The zero-order chi connectivity index (χ0) is 13.1. The van der Waals surface area contributed by atoms with Crippen molar-refractivity contribution in [3.8, 4) is 0 Å². The summed E-state index contributed by atoms with van der Waals surface area (Å²) < 4.78 is 1.05.